The predicted octanol–water partition coefficient (Wildman–Crippen LogP) is 5.61. The fourth-order valence-corrected chi connectivity index (χ4v) is 4.19. The molecule has 4 rings (SSSR count). The Morgan fingerprint density at radius 3 is 2.41 bits per heavy atom. The summed E-state index contributed by atoms with van der Waals surface area (Å²) in [7, 11) is 3.94. The van der Waals surface area contributed by atoms with Gasteiger partial charge in [-0.2, -0.15) is 0 Å². The molecule has 37 heavy (non-hydrogen) atoms. The molecular weight excluding hydrogens is 466 g/mol. The number of amides is 2. The van der Waals surface area contributed by atoms with Gasteiger partial charge >= 0.3 is 6.09 Å². The maximum atomic E-state index is 13.1. The van der Waals surface area contributed by atoms with Gasteiger partial charge in [0.05, 0.1) is 28.9 Å². The molecule has 8 nitrogen and oxygen atoms in total. The molecule has 192 valence electrons. The molecule has 0 saturated heterocycles. The van der Waals surface area contributed by atoms with E-state index in [2.05, 4.69) is 16.0 Å². The molecule has 0 spiro atoms. The number of nitrogens with one attached hydrogen (secondary N) is 3. The highest BCUT2D eigenvalue weighted by Crippen LogP contribution is 2.36. The van der Waals surface area contributed by atoms with Crippen molar-refractivity contribution in [3.8, 4) is 0 Å². The first-order valence-corrected chi connectivity index (χ1v) is 12.3. The van der Waals surface area contributed by atoms with Crippen LogP contribution in [0.25, 0.3) is 21.8 Å². The fourth-order valence-electron chi connectivity index (χ4n) is 4.19. The summed E-state index contributed by atoms with van der Waals surface area (Å²) >= 11 is 0. The second kappa shape index (κ2) is 11.3. The molecule has 0 atom stereocenters. The molecule has 8 heteroatoms. The summed E-state index contributed by atoms with van der Waals surface area (Å²) in [5.41, 5.74) is 6.19. The van der Waals surface area contributed by atoms with Crippen LogP contribution in [0.5, 0.6) is 0 Å². The number of likely N-dealkylation sites (N-methyl/N-ethyl adjacent to an activating group) is 1. The van der Waals surface area contributed by atoms with Crippen molar-refractivity contribution in [2.75, 3.05) is 44.4 Å². The SMILES string of the molecule is CCOC(=O)Nc1cc(Nc2c3cccc(C)c3nc3c(C(=O)NCCN(C)C)cccc23)ccc1C. The molecule has 0 aliphatic heterocycles. The number of hydrogen-bond donors (Lipinski definition) is 3. The Balaban J connectivity index is 1.81. The zero-order valence-electron chi connectivity index (χ0n) is 21.9. The van der Waals surface area contributed by atoms with Crippen LogP contribution >= 0.6 is 0 Å². The van der Waals surface area contributed by atoms with Crippen LogP contribution in [0, 0.1) is 13.8 Å². The minimum Gasteiger partial charge on any atom is -0.450 e. The Bertz CT molecular complexity index is 1470. The first kappa shape index (κ1) is 25.9. The topological polar surface area (TPSA) is 95.6 Å². The van der Waals surface area contributed by atoms with Gasteiger partial charge in [-0.25, -0.2) is 9.78 Å². The number of rotatable bonds is 8. The van der Waals surface area contributed by atoms with E-state index in [1.54, 1.807) is 6.92 Å². The minimum absolute atomic E-state index is 0.157. The van der Waals surface area contributed by atoms with Crippen LogP contribution in [-0.4, -0.2) is 55.7 Å². The number of nitrogens with zero attached hydrogens (tertiary/aromatic N) is 2. The van der Waals surface area contributed by atoms with Crippen molar-refractivity contribution in [2.24, 2.45) is 0 Å². The van der Waals surface area contributed by atoms with E-state index in [1.807, 2.05) is 87.4 Å². The number of benzene rings is 3. The molecule has 0 aliphatic rings. The van der Waals surface area contributed by atoms with Gasteiger partial charge in [0.25, 0.3) is 5.91 Å². The zero-order chi connectivity index (χ0) is 26.5. The largest absolute Gasteiger partial charge is 0.450 e. The number of fused-ring (bicyclic) bond motifs is 2. The van der Waals surface area contributed by atoms with Crippen LogP contribution in [0.15, 0.2) is 54.6 Å². The summed E-state index contributed by atoms with van der Waals surface area (Å²) in [6, 6.07) is 17.4. The monoisotopic (exact) mass is 499 g/mol. The van der Waals surface area contributed by atoms with Crippen molar-refractivity contribution < 1.29 is 14.3 Å². The third kappa shape index (κ3) is 5.81. The van der Waals surface area contributed by atoms with E-state index in [0.717, 1.165) is 45.3 Å². The smallest absolute Gasteiger partial charge is 0.411 e. The van der Waals surface area contributed by atoms with Gasteiger partial charge < -0.3 is 20.3 Å². The molecule has 3 aromatic carbocycles. The lowest BCUT2D eigenvalue weighted by Crippen LogP contribution is -2.31. The quantitative estimate of drug-likeness (QED) is 0.273. The number of pyridine rings is 1. The summed E-state index contributed by atoms with van der Waals surface area (Å²) in [6.07, 6.45) is -0.497. The van der Waals surface area contributed by atoms with Gasteiger partial charge in [0.15, 0.2) is 0 Å². The molecule has 1 aromatic heterocycles. The third-order valence-electron chi connectivity index (χ3n) is 6.14. The molecule has 0 unspecified atom stereocenters. The first-order chi connectivity index (χ1) is 17.8. The zero-order valence-corrected chi connectivity index (χ0v) is 21.9. The van der Waals surface area contributed by atoms with E-state index in [9.17, 15) is 9.59 Å². The van der Waals surface area contributed by atoms with E-state index >= 15 is 0 Å². The van der Waals surface area contributed by atoms with Crippen LogP contribution in [0.2, 0.25) is 0 Å². The van der Waals surface area contributed by atoms with Gasteiger partial charge in [-0.15, -0.1) is 0 Å². The number of anilines is 3. The van der Waals surface area contributed by atoms with Crippen molar-refractivity contribution in [1.29, 1.82) is 0 Å². The van der Waals surface area contributed by atoms with Gasteiger partial charge in [0.2, 0.25) is 0 Å². The van der Waals surface area contributed by atoms with Crippen LogP contribution in [0.1, 0.15) is 28.4 Å². The molecule has 4 aromatic rings. The number of aromatic nitrogens is 1. The molecule has 0 radical (unpaired) electrons. The average molecular weight is 500 g/mol. The minimum atomic E-state index is -0.497. The highest BCUT2D eigenvalue weighted by molar-refractivity contribution is 6.15. The number of ether oxygens (including phenoxy) is 1. The molecule has 0 saturated carbocycles. The van der Waals surface area contributed by atoms with Crippen LogP contribution in [0.4, 0.5) is 21.9 Å². The van der Waals surface area contributed by atoms with Gasteiger partial charge in [-0.3, -0.25) is 10.1 Å². The maximum absolute atomic E-state index is 13.1. The van der Waals surface area contributed by atoms with E-state index in [-0.39, 0.29) is 5.91 Å². The summed E-state index contributed by atoms with van der Waals surface area (Å²) in [5, 5.41) is 11.1. The second-order valence-electron chi connectivity index (χ2n) is 9.22. The Kier molecular flexibility index (Phi) is 7.89. The third-order valence-corrected chi connectivity index (χ3v) is 6.14. The number of hydrogen-bond acceptors (Lipinski definition) is 6. The predicted molar refractivity (Wildman–Crippen MR) is 150 cm³/mol. The van der Waals surface area contributed by atoms with Crippen molar-refractivity contribution in [3.05, 3.63) is 71.3 Å². The van der Waals surface area contributed by atoms with Crippen molar-refractivity contribution >= 4 is 50.9 Å². The van der Waals surface area contributed by atoms with Crippen LogP contribution in [0.3, 0.4) is 0 Å². The summed E-state index contributed by atoms with van der Waals surface area (Å²) in [4.78, 5) is 32.1. The number of para-hydroxylation sites is 2. The fraction of sp³-hybridized carbons (Fsp3) is 0.276. The van der Waals surface area contributed by atoms with Crippen LogP contribution < -0.4 is 16.0 Å². The van der Waals surface area contributed by atoms with Gasteiger partial charge in [0.1, 0.15) is 0 Å². The lowest BCUT2D eigenvalue weighted by atomic mass is 10.0. The standard InChI is InChI=1S/C29H33N5O3/c1-6-37-29(36)32-24-17-20(14-13-18(24)2)31-26-21-10-7-9-19(3)25(21)33-27-22(26)11-8-12-23(27)28(35)30-15-16-34(4)5/h7-14,17H,6,15-16H2,1-5H3,(H,30,35)(H,31,33)(H,32,36). The van der Waals surface area contributed by atoms with E-state index in [4.69, 9.17) is 9.72 Å². The second-order valence-corrected chi connectivity index (χ2v) is 9.22. The molecule has 3 N–H and O–H groups in total. The molecule has 0 fully saturated rings. The molecule has 2 amide bonds. The first-order valence-electron chi connectivity index (χ1n) is 12.3. The van der Waals surface area contributed by atoms with Crippen molar-refractivity contribution in [3.63, 3.8) is 0 Å². The maximum Gasteiger partial charge on any atom is 0.411 e. The van der Waals surface area contributed by atoms with Gasteiger partial charge in [-0.1, -0.05) is 36.4 Å². The average Bonchev–Trinajstić information content (AvgIpc) is 2.86. The molecule has 0 aliphatic carbocycles. The highest BCUT2D eigenvalue weighted by Gasteiger charge is 2.17. The van der Waals surface area contributed by atoms with E-state index in [0.29, 0.717) is 29.9 Å². The highest BCUT2D eigenvalue weighted by atomic mass is 16.5. The van der Waals surface area contributed by atoms with Crippen LogP contribution in [-0.2, 0) is 4.74 Å². The molecular formula is C29H33N5O3. The lowest BCUT2D eigenvalue weighted by molar-refractivity contribution is 0.0952. The summed E-state index contributed by atoms with van der Waals surface area (Å²) in [5.74, 6) is -0.157. The van der Waals surface area contributed by atoms with Crippen molar-refractivity contribution in [1.82, 2.24) is 15.2 Å². The Labute approximate surface area is 217 Å². The van der Waals surface area contributed by atoms with Gasteiger partial charge in [-0.05, 0) is 64.2 Å². The molecule has 1 heterocycles. The van der Waals surface area contributed by atoms with E-state index < -0.39 is 6.09 Å². The Hall–Kier alpha value is -4.17. The van der Waals surface area contributed by atoms with Gasteiger partial charge in [0, 0.05) is 35.2 Å². The summed E-state index contributed by atoms with van der Waals surface area (Å²) < 4.78 is 5.04. The number of aryl methyl sites for hydroxylation is 2. The normalized spacial score (nSPS) is 11.1. The van der Waals surface area contributed by atoms with E-state index in [1.165, 1.54) is 0 Å². The lowest BCUT2D eigenvalue weighted by Gasteiger charge is -2.17. The Morgan fingerprint density at radius 2 is 1.68 bits per heavy atom. The number of carbonyl (C=O) groups is 2. The number of carbonyl (C=O) groups excluding carboxylic acids is 2. The Morgan fingerprint density at radius 1 is 0.946 bits per heavy atom. The van der Waals surface area contributed by atoms with Crippen molar-refractivity contribution in [2.45, 2.75) is 20.8 Å². The summed E-state index contributed by atoms with van der Waals surface area (Å²) in [6.45, 7) is 7.28. The molecule has 0 bridgehead atoms.